The van der Waals surface area contributed by atoms with Crippen LogP contribution in [0, 0.1) is 5.92 Å². The number of fused-ring (bicyclic) bond motifs is 2. The first-order valence-electron chi connectivity index (χ1n) is 6.15. The van der Waals surface area contributed by atoms with Crippen LogP contribution in [0.25, 0.3) is 0 Å². The predicted molar refractivity (Wildman–Crippen MR) is 65.1 cm³/mol. The minimum atomic E-state index is 0.520. The lowest BCUT2D eigenvalue weighted by molar-refractivity contribution is 0.247. The Morgan fingerprint density at radius 2 is 2.06 bits per heavy atom. The zero-order chi connectivity index (χ0) is 11.1. The molecule has 0 aromatic heterocycles. The van der Waals surface area contributed by atoms with Gasteiger partial charge < -0.3 is 16.4 Å². The van der Waals surface area contributed by atoms with E-state index in [0.29, 0.717) is 5.92 Å². The van der Waals surface area contributed by atoms with Crippen LogP contribution in [0.15, 0.2) is 34.8 Å². The number of nitrogens with zero attached hydrogens (tertiary/aromatic N) is 1. The third-order valence-corrected chi connectivity index (χ3v) is 3.88. The molecule has 3 rings (SSSR count). The first-order valence-corrected chi connectivity index (χ1v) is 6.15. The number of piperidine rings is 1. The summed E-state index contributed by atoms with van der Waals surface area (Å²) in [5.41, 5.74) is 16.6. The van der Waals surface area contributed by atoms with Gasteiger partial charge in [0.15, 0.2) is 0 Å². The molecule has 1 saturated heterocycles. The van der Waals surface area contributed by atoms with Gasteiger partial charge in [-0.05, 0) is 43.4 Å². The topological polar surface area (TPSA) is 55.3 Å². The van der Waals surface area contributed by atoms with Crippen molar-refractivity contribution in [3.8, 4) is 0 Å². The molecule has 0 amide bonds. The number of hydrogen-bond donors (Lipinski definition) is 2. The highest BCUT2D eigenvalue weighted by Crippen LogP contribution is 2.36. The van der Waals surface area contributed by atoms with Gasteiger partial charge >= 0.3 is 0 Å². The van der Waals surface area contributed by atoms with Crippen molar-refractivity contribution >= 4 is 0 Å². The number of allylic oxidation sites excluding steroid dienone is 4. The van der Waals surface area contributed by atoms with E-state index in [9.17, 15) is 0 Å². The van der Waals surface area contributed by atoms with Gasteiger partial charge in [-0.2, -0.15) is 0 Å². The third kappa shape index (κ3) is 1.51. The molecule has 16 heavy (non-hydrogen) atoms. The van der Waals surface area contributed by atoms with Crippen LogP contribution >= 0.6 is 0 Å². The average Bonchev–Trinajstić information content (AvgIpc) is 2.27. The van der Waals surface area contributed by atoms with Crippen LogP contribution in [0.4, 0.5) is 0 Å². The molecule has 0 aromatic rings. The van der Waals surface area contributed by atoms with Crippen LogP contribution in [0.2, 0.25) is 0 Å². The van der Waals surface area contributed by atoms with Crippen molar-refractivity contribution < 1.29 is 0 Å². The molecular weight excluding hydrogens is 198 g/mol. The zero-order valence-electron chi connectivity index (χ0n) is 9.58. The number of hydrogen-bond acceptors (Lipinski definition) is 3. The third-order valence-electron chi connectivity index (χ3n) is 3.88. The van der Waals surface area contributed by atoms with Gasteiger partial charge in [-0.1, -0.05) is 0 Å². The van der Waals surface area contributed by atoms with Crippen molar-refractivity contribution in [2.24, 2.45) is 17.4 Å². The fourth-order valence-electron chi connectivity index (χ4n) is 3.06. The molecule has 3 nitrogen and oxygen atoms in total. The normalized spacial score (nSPS) is 29.2. The van der Waals surface area contributed by atoms with E-state index in [1.807, 2.05) is 6.08 Å². The second-order valence-electron chi connectivity index (χ2n) is 5.07. The molecule has 0 spiro atoms. The quantitative estimate of drug-likeness (QED) is 0.645. The van der Waals surface area contributed by atoms with Crippen molar-refractivity contribution in [3.63, 3.8) is 0 Å². The van der Waals surface area contributed by atoms with E-state index in [1.165, 1.54) is 37.1 Å². The van der Waals surface area contributed by atoms with Crippen molar-refractivity contribution in [1.29, 1.82) is 0 Å². The SMILES string of the molecule is NC1=CC(N)=C2C=C3CCCCN3CC2C1. The Kier molecular flexibility index (Phi) is 2.20. The fourth-order valence-corrected chi connectivity index (χ4v) is 3.06. The smallest absolute Gasteiger partial charge is 0.0368 e. The molecule has 1 fully saturated rings. The van der Waals surface area contributed by atoms with Crippen LogP contribution in [-0.2, 0) is 0 Å². The lowest BCUT2D eigenvalue weighted by Crippen LogP contribution is -2.38. The standard InChI is InChI=1S/C13H19N3/c14-10-5-9-8-16-4-2-1-3-11(16)7-12(9)13(15)6-10/h6-7,9H,1-5,8,14-15H2. The van der Waals surface area contributed by atoms with Gasteiger partial charge in [-0.25, -0.2) is 0 Å². The van der Waals surface area contributed by atoms with Crippen LogP contribution in [-0.4, -0.2) is 18.0 Å². The molecule has 0 aromatic carbocycles. The van der Waals surface area contributed by atoms with Crippen LogP contribution < -0.4 is 11.5 Å². The van der Waals surface area contributed by atoms with Crippen LogP contribution in [0.5, 0.6) is 0 Å². The molecule has 0 saturated carbocycles. The Hall–Kier alpha value is -1.38. The van der Waals surface area contributed by atoms with E-state index < -0.39 is 0 Å². The maximum Gasteiger partial charge on any atom is 0.0368 e. The van der Waals surface area contributed by atoms with Gasteiger partial charge in [0.2, 0.25) is 0 Å². The van der Waals surface area contributed by atoms with Gasteiger partial charge in [0.1, 0.15) is 0 Å². The van der Waals surface area contributed by atoms with Crippen molar-refractivity contribution in [3.05, 3.63) is 34.8 Å². The van der Waals surface area contributed by atoms with Crippen LogP contribution in [0.1, 0.15) is 25.7 Å². The monoisotopic (exact) mass is 217 g/mol. The highest BCUT2D eigenvalue weighted by Gasteiger charge is 2.29. The van der Waals surface area contributed by atoms with E-state index in [2.05, 4.69) is 11.0 Å². The molecule has 86 valence electrons. The van der Waals surface area contributed by atoms with Gasteiger partial charge in [0, 0.05) is 36.1 Å². The van der Waals surface area contributed by atoms with E-state index in [-0.39, 0.29) is 0 Å². The molecule has 0 bridgehead atoms. The summed E-state index contributed by atoms with van der Waals surface area (Å²) in [6.07, 6.45) is 9.06. The van der Waals surface area contributed by atoms with Gasteiger partial charge in [-0.15, -0.1) is 0 Å². The van der Waals surface area contributed by atoms with Gasteiger partial charge in [0.25, 0.3) is 0 Å². The lowest BCUT2D eigenvalue weighted by Gasteiger charge is -2.40. The Morgan fingerprint density at radius 1 is 1.19 bits per heavy atom. The Morgan fingerprint density at radius 3 is 2.94 bits per heavy atom. The van der Waals surface area contributed by atoms with Gasteiger partial charge in [0.05, 0.1) is 0 Å². The molecule has 0 radical (unpaired) electrons. The van der Waals surface area contributed by atoms with Crippen LogP contribution in [0.3, 0.4) is 0 Å². The number of rotatable bonds is 0. The maximum atomic E-state index is 6.06. The summed E-state index contributed by atoms with van der Waals surface area (Å²) >= 11 is 0. The molecule has 1 atom stereocenters. The summed E-state index contributed by atoms with van der Waals surface area (Å²) in [6.45, 7) is 2.32. The highest BCUT2D eigenvalue weighted by molar-refractivity contribution is 5.42. The second-order valence-corrected chi connectivity index (χ2v) is 5.07. The summed E-state index contributed by atoms with van der Waals surface area (Å²) < 4.78 is 0. The minimum Gasteiger partial charge on any atom is -0.402 e. The average molecular weight is 217 g/mol. The van der Waals surface area contributed by atoms with E-state index in [4.69, 9.17) is 11.5 Å². The Labute approximate surface area is 96.5 Å². The fraction of sp³-hybridized carbons (Fsp3) is 0.538. The minimum absolute atomic E-state index is 0.520. The molecule has 2 aliphatic heterocycles. The second kappa shape index (κ2) is 3.58. The van der Waals surface area contributed by atoms with Gasteiger partial charge in [-0.3, -0.25) is 0 Å². The molecule has 1 aliphatic carbocycles. The predicted octanol–water partition coefficient (Wildman–Crippen LogP) is 1.45. The van der Waals surface area contributed by atoms with E-state index >= 15 is 0 Å². The molecule has 4 N–H and O–H groups in total. The van der Waals surface area contributed by atoms with E-state index in [0.717, 1.165) is 24.4 Å². The zero-order valence-corrected chi connectivity index (χ0v) is 9.58. The lowest BCUT2D eigenvalue weighted by atomic mass is 9.83. The highest BCUT2D eigenvalue weighted by atomic mass is 15.1. The summed E-state index contributed by atoms with van der Waals surface area (Å²) in [4.78, 5) is 2.52. The maximum absolute atomic E-state index is 6.06. The number of nitrogens with two attached hydrogens (primary N) is 2. The first-order chi connectivity index (χ1) is 7.74. The Balaban J connectivity index is 1.98. The summed E-state index contributed by atoms with van der Waals surface area (Å²) in [5.74, 6) is 0.520. The first kappa shape index (κ1) is 9.82. The van der Waals surface area contributed by atoms with Crippen molar-refractivity contribution in [1.82, 2.24) is 4.90 Å². The Bertz CT molecular complexity index is 403. The summed E-state index contributed by atoms with van der Waals surface area (Å²) in [5, 5.41) is 0. The van der Waals surface area contributed by atoms with Crippen molar-refractivity contribution in [2.75, 3.05) is 13.1 Å². The molecule has 3 heteroatoms. The van der Waals surface area contributed by atoms with Crippen molar-refractivity contribution in [2.45, 2.75) is 25.7 Å². The largest absolute Gasteiger partial charge is 0.402 e. The summed E-state index contributed by atoms with van der Waals surface area (Å²) in [6, 6.07) is 0. The molecule has 3 aliphatic rings. The summed E-state index contributed by atoms with van der Waals surface area (Å²) in [7, 11) is 0. The molecular formula is C13H19N3. The molecule has 2 heterocycles. The molecule has 1 unspecified atom stereocenters. The van der Waals surface area contributed by atoms with E-state index in [1.54, 1.807) is 0 Å².